The van der Waals surface area contributed by atoms with Crippen molar-refractivity contribution < 1.29 is 13.2 Å². The summed E-state index contributed by atoms with van der Waals surface area (Å²) >= 11 is 1.17. The number of nitrogens with zero attached hydrogens (tertiary/aromatic N) is 3. The van der Waals surface area contributed by atoms with Gasteiger partial charge in [-0.15, -0.1) is 0 Å². The molecule has 2 aromatic heterocycles. The van der Waals surface area contributed by atoms with E-state index in [1.54, 1.807) is 19.1 Å². The molecule has 4 fully saturated rings. The lowest BCUT2D eigenvalue weighted by Gasteiger charge is -2.58. The molecule has 4 saturated carbocycles. The Morgan fingerprint density at radius 2 is 1.79 bits per heavy atom. The molecule has 0 radical (unpaired) electrons. The van der Waals surface area contributed by atoms with Crippen molar-refractivity contribution in [3.05, 3.63) is 45.9 Å². The van der Waals surface area contributed by atoms with Crippen LogP contribution >= 0.6 is 11.3 Å². The zero-order chi connectivity index (χ0) is 23.8. The summed E-state index contributed by atoms with van der Waals surface area (Å²) in [5.41, 5.74) is -1.38. The molecule has 1 aromatic carbocycles. The Bertz CT molecular complexity index is 1280. The van der Waals surface area contributed by atoms with E-state index in [1.165, 1.54) is 30.6 Å². The number of rotatable bonds is 4. The van der Waals surface area contributed by atoms with E-state index < -0.39 is 23.0 Å². The number of alkyl halides is 3. The third-order valence-electron chi connectivity index (χ3n) is 8.37. The predicted octanol–water partition coefficient (Wildman–Crippen LogP) is 6.21. The van der Waals surface area contributed by atoms with Gasteiger partial charge < -0.3 is 0 Å². The van der Waals surface area contributed by atoms with Crippen LogP contribution in [0.2, 0.25) is 0 Å². The van der Waals surface area contributed by atoms with Crippen molar-refractivity contribution in [2.75, 3.05) is 0 Å². The number of nitrogens with one attached hydrogen (secondary N) is 1. The summed E-state index contributed by atoms with van der Waals surface area (Å²) in [5.74, 6) is 2.16. The lowest BCUT2D eigenvalue weighted by molar-refractivity contribution is -0.141. The fourth-order valence-corrected chi connectivity index (χ4v) is 8.18. The first-order chi connectivity index (χ1) is 16.1. The van der Waals surface area contributed by atoms with Crippen molar-refractivity contribution in [1.82, 2.24) is 14.8 Å². The van der Waals surface area contributed by atoms with E-state index >= 15 is 0 Å². The Balaban J connectivity index is 1.41. The van der Waals surface area contributed by atoms with Gasteiger partial charge in [0, 0.05) is 5.71 Å². The maximum atomic E-state index is 14.0. The van der Waals surface area contributed by atoms with E-state index in [0.29, 0.717) is 5.52 Å². The fraction of sp³-hybridized carbons (Fsp3) is 0.560. The van der Waals surface area contributed by atoms with Crippen LogP contribution in [0.3, 0.4) is 0 Å². The number of hydrogen-bond acceptors (Lipinski definition) is 4. The zero-order valence-electron chi connectivity index (χ0n) is 19.2. The maximum Gasteiger partial charge on any atom is 0.433 e. The molecule has 0 unspecified atom stereocenters. The summed E-state index contributed by atoms with van der Waals surface area (Å²) < 4.78 is 43.8. The third-order valence-corrected chi connectivity index (χ3v) is 9.39. The average Bonchev–Trinajstić information content (AvgIpc) is 3.33. The highest BCUT2D eigenvalue weighted by Gasteiger charge is 2.53. The van der Waals surface area contributed by atoms with Crippen molar-refractivity contribution in [3.63, 3.8) is 0 Å². The summed E-state index contributed by atoms with van der Waals surface area (Å²) in [6, 6.07) is 7.12. The number of benzene rings is 1. The van der Waals surface area contributed by atoms with Gasteiger partial charge in [-0.05, 0) is 87.7 Å². The first-order valence-corrected chi connectivity index (χ1v) is 12.8. The van der Waals surface area contributed by atoms with Crippen molar-refractivity contribution in [1.29, 1.82) is 0 Å². The van der Waals surface area contributed by atoms with Gasteiger partial charge in [-0.3, -0.25) is 14.9 Å². The largest absolute Gasteiger partial charge is 0.433 e. The number of aromatic nitrogens is 3. The third kappa shape index (κ3) is 3.46. The molecule has 0 amide bonds. The van der Waals surface area contributed by atoms with Gasteiger partial charge in [0.05, 0.1) is 21.8 Å². The standard InChI is InChI=1S/C25H27F3N4OS/c1-13(29-14(2)24-10-15-7-16(11-24)9-17(8-15)12-24)20-21(25(26,27)28)31-32(22(20)33)23-30-18-5-3-4-6-19(18)34-23/h3-6,14-17,31H,7-12H2,1-2H3/t14-,15?,16?,17?,24?/m0/s1. The molecule has 7 rings (SSSR count). The minimum atomic E-state index is -4.71. The molecule has 2 heterocycles. The zero-order valence-corrected chi connectivity index (χ0v) is 20.0. The molecule has 4 aliphatic rings. The SMILES string of the molecule is CC(=N[C@@H](C)C12CC3CC(CC(C3)C1)C2)c1c(C(F)(F)F)[nH]n(-c2nc3ccccc3s2)c1=O. The predicted molar refractivity (Wildman–Crippen MR) is 127 cm³/mol. The highest BCUT2D eigenvalue weighted by molar-refractivity contribution is 7.20. The second-order valence-electron chi connectivity index (χ2n) is 10.6. The van der Waals surface area contributed by atoms with Crippen LogP contribution in [0.4, 0.5) is 13.2 Å². The fourth-order valence-electron chi connectivity index (χ4n) is 7.25. The van der Waals surface area contributed by atoms with E-state index in [-0.39, 0.29) is 22.3 Å². The van der Waals surface area contributed by atoms with Crippen molar-refractivity contribution in [3.8, 4) is 5.13 Å². The number of fused-ring (bicyclic) bond motifs is 1. The smallest absolute Gasteiger partial charge is 0.286 e. The number of thiazole rings is 1. The van der Waals surface area contributed by atoms with E-state index in [2.05, 4.69) is 10.1 Å². The summed E-state index contributed by atoms with van der Waals surface area (Å²) in [6.07, 6.45) is 2.47. The molecule has 5 nitrogen and oxygen atoms in total. The second kappa shape index (κ2) is 7.54. The summed E-state index contributed by atoms with van der Waals surface area (Å²) in [5, 5.41) is 2.49. The molecule has 3 aromatic rings. The Labute approximate surface area is 199 Å². The van der Waals surface area contributed by atoms with Crippen LogP contribution in [0.25, 0.3) is 15.3 Å². The number of H-pyrrole nitrogens is 1. The average molecular weight is 489 g/mol. The number of hydrogen-bond donors (Lipinski definition) is 1. The first kappa shape index (κ1) is 22.1. The summed E-state index contributed by atoms with van der Waals surface area (Å²) in [4.78, 5) is 22.5. The minimum absolute atomic E-state index is 0.0523. The Hall–Kier alpha value is -2.42. The van der Waals surface area contributed by atoms with Crippen LogP contribution in [0.5, 0.6) is 0 Å². The molecule has 4 bridgehead atoms. The van der Waals surface area contributed by atoms with E-state index in [1.807, 2.05) is 19.1 Å². The van der Waals surface area contributed by atoms with Gasteiger partial charge in [-0.25, -0.2) is 4.98 Å². The first-order valence-electron chi connectivity index (χ1n) is 12.0. The lowest BCUT2D eigenvalue weighted by atomic mass is 9.48. The molecule has 34 heavy (non-hydrogen) atoms. The van der Waals surface area contributed by atoms with Gasteiger partial charge in [0.1, 0.15) is 0 Å². The number of aliphatic imine (C=N–C) groups is 1. The molecule has 180 valence electrons. The molecule has 0 saturated heterocycles. The second-order valence-corrected chi connectivity index (χ2v) is 11.6. The van der Waals surface area contributed by atoms with Gasteiger partial charge in [0.25, 0.3) is 5.56 Å². The molecular weight excluding hydrogens is 461 g/mol. The summed E-state index contributed by atoms with van der Waals surface area (Å²) in [6.45, 7) is 3.57. The molecule has 9 heteroatoms. The van der Waals surface area contributed by atoms with Gasteiger partial charge in [0.15, 0.2) is 5.69 Å². The molecular formula is C25H27F3N4OS. The van der Waals surface area contributed by atoms with E-state index in [4.69, 9.17) is 4.99 Å². The maximum absolute atomic E-state index is 14.0. The molecule has 0 spiro atoms. The van der Waals surface area contributed by atoms with E-state index in [0.717, 1.165) is 46.4 Å². The van der Waals surface area contributed by atoms with Crippen LogP contribution in [0.1, 0.15) is 63.6 Å². The molecule has 4 aliphatic carbocycles. The monoisotopic (exact) mass is 488 g/mol. The molecule has 1 N–H and O–H groups in total. The van der Waals surface area contributed by atoms with Crippen LogP contribution in [-0.4, -0.2) is 26.5 Å². The topological polar surface area (TPSA) is 63.0 Å². The van der Waals surface area contributed by atoms with Crippen molar-refractivity contribution in [2.24, 2.45) is 28.2 Å². The highest BCUT2D eigenvalue weighted by atomic mass is 32.1. The number of para-hydroxylation sites is 1. The van der Waals surface area contributed by atoms with Crippen molar-refractivity contribution >= 4 is 27.3 Å². The molecule has 0 aliphatic heterocycles. The highest BCUT2D eigenvalue weighted by Crippen LogP contribution is 2.61. The van der Waals surface area contributed by atoms with Crippen molar-refractivity contribution in [2.45, 2.75) is 64.6 Å². The minimum Gasteiger partial charge on any atom is -0.286 e. The van der Waals surface area contributed by atoms with Gasteiger partial charge in [-0.2, -0.15) is 17.9 Å². The Morgan fingerprint density at radius 3 is 2.38 bits per heavy atom. The van der Waals surface area contributed by atoms with Gasteiger partial charge >= 0.3 is 6.18 Å². The van der Waals surface area contributed by atoms with Crippen LogP contribution in [-0.2, 0) is 6.18 Å². The van der Waals surface area contributed by atoms with Crippen LogP contribution in [0, 0.1) is 23.2 Å². The number of halogens is 3. The normalized spacial score (nSPS) is 29.8. The molecule has 1 atom stereocenters. The Morgan fingerprint density at radius 1 is 1.18 bits per heavy atom. The Kier molecular flexibility index (Phi) is 4.89. The van der Waals surface area contributed by atoms with E-state index in [9.17, 15) is 18.0 Å². The lowest BCUT2D eigenvalue weighted by Crippen LogP contribution is -2.50. The van der Waals surface area contributed by atoms with Gasteiger partial charge in [-0.1, -0.05) is 23.5 Å². The van der Waals surface area contributed by atoms with Gasteiger partial charge in [0.2, 0.25) is 5.13 Å². The summed E-state index contributed by atoms with van der Waals surface area (Å²) in [7, 11) is 0. The van der Waals surface area contributed by atoms with Crippen LogP contribution in [0.15, 0.2) is 34.1 Å². The quantitative estimate of drug-likeness (QED) is 0.444. The van der Waals surface area contributed by atoms with Crippen LogP contribution < -0.4 is 5.56 Å². The number of aromatic amines is 1.